The van der Waals surface area contributed by atoms with Gasteiger partial charge < -0.3 is 15.8 Å². The number of carbonyl (C=O) groups is 1. The predicted molar refractivity (Wildman–Crippen MR) is 75.7 cm³/mol. The summed E-state index contributed by atoms with van der Waals surface area (Å²) >= 11 is 0. The van der Waals surface area contributed by atoms with Crippen molar-refractivity contribution < 1.29 is 9.53 Å². The van der Waals surface area contributed by atoms with Gasteiger partial charge in [-0.15, -0.1) is 0 Å². The zero-order valence-corrected chi connectivity index (χ0v) is 11.9. The van der Waals surface area contributed by atoms with Crippen molar-refractivity contribution in [2.24, 2.45) is 5.73 Å². The first kappa shape index (κ1) is 14.1. The van der Waals surface area contributed by atoms with Crippen molar-refractivity contribution in [3.63, 3.8) is 0 Å². The van der Waals surface area contributed by atoms with Crippen molar-refractivity contribution in [1.29, 1.82) is 0 Å². The van der Waals surface area contributed by atoms with Crippen LogP contribution in [0.25, 0.3) is 5.52 Å². The maximum absolute atomic E-state index is 10.5. The van der Waals surface area contributed by atoms with E-state index in [1.165, 1.54) is 0 Å². The van der Waals surface area contributed by atoms with Crippen LogP contribution in [0.3, 0.4) is 0 Å². The average molecular weight is 277 g/mol. The number of nitrogens with zero attached hydrogens (tertiary/aromatic N) is 3. The lowest BCUT2D eigenvalue weighted by Crippen LogP contribution is -2.18. The molecule has 0 aromatic carbocycles. The number of rotatable bonds is 4. The minimum absolute atomic E-state index is 0.0294. The molecular formula is C13H19N5O2. The van der Waals surface area contributed by atoms with Crippen LogP contribution in [0.1, 0.15) is 26.5 Å². The van der Waals surface area contributed by atoms with Crippen molar-refractivity contribution in [1.82, 2.24) is 14.6 Å². The second-order valence-electron chi connectivity index (χ2n) is 5.48. The highest BCUT2D eigenvalue weighted by molar-refractivity contribution is 5.68. The molecule has 0 aliphatic rings. The number of primary amides is 1. The fraction of sp³-hybridized carbons (Fsp3) is 0.462. The van der Waals surface area contributed by atoms with Crippen molar-refractivity contribution in [3.8, 4) is 0 Å². The van der Waals surface area contributed by atoms with E-state index >= 15 is 0 Å². The van der Waals surface area contributed by atoms with Crippen LogP contribution < -0.4 is 11.1 Å². The number of hydrogen-bond acceptors (Lipinski definition) is 5. The van der Waals surface area contributed by atoms with E-state index in [0.29, 0.717) is 12.4 Å². The van der Waals surface area contributed by atoms with Gasteiger partial charge in [0.05, 0.1) is 12.2 Å². The molecule has 0 bridgehead atoms. The normalized spacial score (nSPS) is 11.6. The molecule has 0 aliphatic heterocycles. The van der Waals surface area contributed by atoms with E-state index in [0.717, 1.165) is 11.2 Å². The van der Waals surface area contributed by atoms with E-state index in [1.807, 2.05) is 6.07 Å². The number of ether oxygens (including phenoxy) is 1. The van der Waals surface area contributed by atoms with Crippen LogP contribution in [-0.4, -0.2) is 33.8 Å². The molecule has 20 heavy (non-hydrogen) atoms. The van der Waals surface area contributed by atoms with Gasteiger partial charge in [-0.1, -0.05) is 20.8 Å². The molecule has 2 aromatic heterocycles. The molecule has 0 saturated carbocycles. The number of nitrogens with two attached hydrogens (primary N) is 1. The molecule has 0 spiro atoms. The van der Waals surface area contributed by atoms with Gasteiger partial charge >= 0.3 is 6.09 Å². The van der Waals surface area contributed by atoms with Gasteiger partial charge in [-0.3, -0.25) is 0 Å². The molecule has 1 amide bonds. The van der Waals surface area contributed by atoms with Gasteiger partial charge in [0.1, 0.15) is 12.1 Å². The quantitative estimate of drug-likeness (QED) is 0.826. The highest BCUT2D eigenvalue weighted by atomic mass is 16.5. The zero-order valence-electron chi connectivity index (χ0n) is 11.9. The minimum atomic E-state index is -0.780. The number of fused-ring (bicyclic) bond motifs is 1. The average Bonchev–Trinajstić information content (AvgIpc) is 2.78. The van der Waals surface area contributed by atoms with Crippen LogP contribution in [0, 0.1) is 0 Å². The maximum atomic E-state index is 10.5. The molecule has 0 saturated heterocycles. The molecule has 7 heteroatoms. The van der Waals surface area contributed by atoms with Crippen molar-refractivity contribution in [3.05, 3.63) is 24.2 Å². The molecule has 2 rings (SSSR count). The molecular weight excluding hydrogens is 258 g/mol. The molecule has 2 heterocycles. The summed E-state index contributed by atoms with van der Waals surface area (Å²) in [5.74, 6) is 0.698. The van der Waals surface area contributed by atoms with Crippen LogP contribution in [-0.2, 0) is 10.2 Å². The number of nitrogens with one attached hydrogen (secondary N) is 1. The fourth-order valence-electron chi connectivity index (χ4n) is 1.75. The van der Waals surface area contributed by atoms with Crippen LogP contribution in [0.2, 0.25) is 0 Å². The maximum Gasteiger partial charge on any atom is 0.404 e. The van der Waals surface area contributed by atoms with E-state index in [4.69, 9.17) is 5.73 Å². The van der Waals surface area contributed by atoms with Crippen molar-refractivity contribution in [2.75, 3.05) is 18.5 Å². The van der Waals surface area contributed by atoms with E-state index in [-0.39, 0.29) is 12.0 Å². The third kappa shape index (κ3) is 3.17. The molecule has 3 N–H and O–H groups in total. The fourth-order valence-corrected chi connectivity index (χ4v) is 1.75. The standard InChI is InChI=1S/C13H19N5O2/c1-13(2,3)10-8-9-11(15-4-6-18(9)17-10)16-5-7-20-12(14)19/h4,6,8H,5,7H2,1-3H3,(H2,14,19)(H,15,16). The molecule has 0 radical (unpaired) electrons. The summed E-state index contributed by atoms with van der Waals surface area (Å²) in [5, 5.41) is 7.64. The smallest absolute Gasteiger partial charge is 0.404 e. The van der Waals surface area contributed by atoms with E-state index in [9.17, 15) is 4.79 Å². The SMILES string of the molecule is CC(C)(C)c1cc2c(NCCOC(N)=O)nccn2n1. The number of carbonyl (C=O) groups excluding carboxylic acids is 1. The van der Waals surface area contributed by atoms with Crippen LogP contribution >= 0.6 is 0 Å². The summed E-state index contributed by atoms with van der Waals surface area (Å²) < 4.78 is 6.44. The Morgan fingerprint density at radius 3 is 2.90 bits per heavy atom. The van der Waals surface area contributed by atoms with Gasteiger partial charge in [0.25, 0.3) is 0 Å². The number of anilines is 1. The molecule has 108 valence electrons. The van der Waals surface area contributed by atoms with Gasteiger partial charge in [0.15, 0.2) is 5.82 Å². The third-order valence-electron chi connectivity index (χ3n) is 2.80. The van der Waals surface area contributed by atoms with Crippen LogP contribution in [0.15, 0.2) is 18.5 Å². The third-order valence-corrected chi connectivity index (χ3v) is 2.80. The predicted octanol–water partition coefficient (Wildman–Crippen LogP) is 1.53. The summed E-state index contributed by atoms with van der Waals surface area (Å²) in [5.41, 5.74) is 6.74. The van der Waals surface area contributed by atoms with Crippen molar-refractivity contribution >= 4 is 17.4 Å². The van der Waals surface area contributed by atoms with Gasteiger partial charge in [0, 0.05) is 17.8 Å². The lowest BCUT2D eigenvalue weighted by molar-refractivity contribution is 0.161. The van der Waals surface area contributed by atoms with Gasteiger partial charge in [-0.2, -0.15) is 5.10 Å². The first-order valence-corrected chi connectivity index (χ1v) is 6.39. The van der Waals surface area contributed by atoms with Gasteiger partial charge in [-0.05, 0) is 6.07 Å². The van der Waals surface area contributed by atoms with Crippen LogP contribution in [0.4, 0.5) is 10.6 Å². The largest absolute Gasteiger partial charge is 0.448 e. The Bertz CT molecular complexity index is 615. The molecule has 2 aromatic rings. The zero-order chi connectivity index (χ0) is 14.8. The number of hydrogen-bond donors (Lipinski definition) is 2. The topological polar surface area (TPSA) is 94.5 Å². The summed E-state index contributed by atoms with van der Waals surface area (Å²) in [6.07, 6.45) is 2.69. The molecule has 0 fully saturated rings. The highest BCUT2D eigenvalue weighted by Crippen LogP contribution is 2.24. The lowest BCUT2D eigenvalue weighted by atomic mass is 9.92. The first-order chi connectivity index (χ1) is 9.38. The minimum Gasteiger partial charge on any atom is -0.448 e. The number of amides is 1. The Morgan fingerprint density at radius 1 is 1.50 bits per heavy atom. The van der Waals surface area contributed by atoms with E-state index in [2.05, 4.69) is 40.9 Å². The molecule has 0 unspecified atom stereocenters. The van der Waals surface area contributed by atoms with Gasteiger partial charge in [-0.25, -0.2) is 14.3 Å². The Morgan fingerprint density at radius 2 is 2.25 bits per heavy atom. The Balaban J connectivity index is 2.17. The van der Waals surface area contributed by atoms with Gasteiger partial charge in [0.2, 0.25) is 0 Å². The van der Waals surface area contributed by atoms with E-state index in [1.54, 1.807) is 16.9 Å². The van der Waals surface area contributed by atoms with Crippen molar-refractivity contribution in [2.45, 2.75) is 26.2 Å². The van der Waals surface area contributed by atoms with E-state index < -0.39 is 6.09 Å². The second kappa shape index (κ2) is 5.36. The summed E-state index contributed by atoms with van der Waals surface area (Å²) in [6, 6.07) is 2.00. The molecule has 0 aliphatic carbocycles. The summed E-state index contributed by atoms with van der Waals surface area (Å²) in [4.78, 5) is 14.8. The highest BCUT2D eigenvalue weighted by Gasteiger charge is 2.18. The second-order valence-corrected chi connectivity index (χ2v) is 5.48. The summed E-state index contributed by atoms with van der Waals surface area (Å²) in [7, 11) is 0. The summed E-state index contributed by atoms with van der Waals surface area (Å²) in [6.45, 7) is 6.95. The number of aromatic nitrogens is 3. The lowest BCUT2D eigenvalue weighted by Gasteiger charge is -2.13. The molecule has 0 atom stereocenters. The Hall–Kier alpha value is -2.31. The Kier molecular flexibility index (Phi) is 3.78. The molecule has 7 nitrogen and oxygen atoms in total. The van der Waals surface area contributed by atoms with Crippen LogP contribution in [0.5, 0.6) is 0 Å². The first-order valence-electron chi connectivity index (χ1n) is 6.39. The monoisotopic (exact) mass is 277 g/mol. The Labute approximate surface area is 117 Å².